The Hall–Kier alpha value is -1.78. The van der Waals surface area contributed by atoms with Gasteiger partial charge in [0.2, 0.25) is 0 Å². The molecule has 4 heteroatoms. The van der Waals surface area contributed by atoms with Gasteiger partial charge in [0.1, 0.15) is 12.4 Å². The molecule has 3 nitrogen and oxygen atoms in total. The van der Waals surface area contributed by atoms with Gasteiger partial charge in [0.15, 0.2) is 0 Å². The minimum Gasteiger partial charge on any atom is -0.489 e. The third kappa shape index (κ3) is 3.16. The van der Waals surface area contributed by atoms with Crippen LogP contribution in [0.1, 0.15) is 16.7 Å². The molecule has 0 fully saturated rings. The summed E-state index contributed by atoms with van der Waals surface area (Å²) in [4.78, 5) is 0. The predicted molar refractivity (Wildman–Crippen MR) is 76.5 cm³/mol. The van der Waals surface area contributed by atoms with Crippen molar-refractivity contribution >= 4 is 12.6 Å². The maximum atomic E-state index is 9.40. The van der Waals surface area contributed by atoms with Crippen molar-refractivity contribution in [2.75, 3.05) is 0 Å². The summed E-state index contributed by atoms with van der Waals surface area (Å²) in [5.74, 6) is 0.678. The van der Waals surface area contributed by atoms with Crippen LogP contribution in [-0.2, 0) is 6.61 Å². The fraction of sp³-hybridized carbons (Fsp3) is 0.200. The first-order valence-corrected chi connectivity index (χ1v) is 6.22. The summed E-state index contributed by atoms with van der Waals surface area (Å²) in [6, 6.07) is 13.6. The standard InChI is InChI=1S/C15H17BO3/c1-11-8-9-14(12(2)15(11)16(17)18)19-10-13-6-4-3-5-7-13/h3-9,17-18H,10H2,1-2H3. The van der Waals surface area contributed by atoms with Crippen molar-refractivity contribution in [3.63, 3.8) is 0 Å². The zero-order valence-electron chi connectivity index (χ0n) is 11.1. The molecular formula is C15H17BO3. The van der Waals surface area contributed by atoms with E-state index in [9.17, 15) is 10.0 Å². The second-order valence-electron chi connectivity index (χ2n) is 4.57. The number of ether oxygens (including phenoxy) is 1. The van der Waals surface area contributed by atoms with Crippen LogP contribution in [0.3, 0.4) is 0 Å². The molecule has 2 N–H and O–H groups in total. The van der Waals surface area contributed by atoms with Crippen LogP contribution in [0.25, 0.3) is 0 Å². The van der Waals surface area contributed by atoms with Gasteiger partial charge in [-0.2, -0.15) is 0 Å². The molecule has 0 atom stereocenters. The summed E-state index contributed by atoms with van der Waals surface area (Å²) in [5.41, 5.74) is 3.21. The van der Waals surface area contributed by atoms with Crippen LogP contribution in [0.4, 0.5) is 0 Å². The Kier molecular flexibility index (Phi) is 4.25. The molecule has 0 saturated carbocycles. The molecule has 0 radical (unpaired) electrons. The van der Waals surface area contributed by atoms with Crippen molar-refractivity contribution < 1.29 is 14.8 Å². The van der Waals surface area contributed by atoms with E-state index >= 15 is 0 Å². The number of rotatable bonds is 4. The van der Waals surface area contributed by atoms with Crippen LogP contribution in [0, 0.1) is 13.8 Å². The van der Waals surface area contributed by atoms with Crippen molar-refractivity contribution in [1.82, 2.24) is 0 Å². The Balaban J connectivity index is 2.20. The molecule has 2 aromatic carbocycles. The minimum atomic E-state index is -1.47. The second-order valence-corrected chi connectivity index (χ2v) is 4.57. The van der Waals surface area contributed by atoms with Gasteiger partial charge >= 0.3 is 7.12 Å². The smallest absolute Gasteiger partial charge is 0.489 e. The number of hydrogen-bond acceptors (Lipinski definition) is 3. The second kappa shape index (κ2) is 5.91. The lowest BCUT2D eigenvalue weighted by molar-refractivity contribution is 0.304. The van der Waals surface area contributed by atoms with Crippen molar-refractivity contribution in [2.45, 2.75) is 20.5 Å². The average Bonchev–Trinajstić information content (AvgIpc) is 2.38. The third-order valence-corrected chi connectivity index (χ3v) is 3.18. The van der Waals surface area contributed by atoms with Crippen LogP contribution >= 0.6 is 0 Å². The summed E-state index contributed by atoms with van der Waals surface area (Å²) < 4.78 is 5.75. The molecule has 0 amide bonds. The highest BCUT2D eigenvalue weighted by molar-refractivity contribution is 6.59. The summed E-state index contributed by atoms with van der Waals surface area (Å²) in [6.45, 7) is 4.15. The zero-order chi connectivity index (χ0) is 13.8. The van der Waals surface area contributed by atoms with Crippen LogP contribution in [-0.4, -0.2) is 17.2 Å². The lowest BCUT2D eigenvalue weighted by Gasteiger charge is -2.14. The molecule has 98 valence electrons. The van der Waals surface area contributed by atoms with E-state index in [-0.39, 0.29) is 0 Å². The van der Waals surface area contributed by atoms with Crippen LogP contribution in [0.15, 0.2) is 42.5 Å². The summed E-state index contributed by atoms with van der Waals surface area (Å²) >= 11 is 0. The Morgan fingerprint density at radius 2 is 1.68 bits per heavy atom. The number of benzene rings is 2. The molecule has 0 spiro atoms. The molecule has 0 aliphatic heterocycles. The summed E-state index contributed by atoms with van der Waals surface area (Å²) in [5, 5.41) is 18.8. The molecule has 0 aromatic heterocycles. The molecule has 0 saturated heterocycles. The third-order valence-electron chi connectivity index (χ3n) is 3.18. The van der Waals surface area contributed by atoms with E-state index in [1.54, 1.807) is 0 Å². The van der Waals surface area contributed by atoms with Gasteiger partial charge in [-0.3, -0.25) is 0 Å². The van der Waals surface area contributed by atoms with E-state index in [1.165, 1.54) is 0 Å². The Morgan fingerprint density at radius 1 is 1.00 bits per heavy atom. The molecule has 0 aliphatic rings. The average molecular weight is 256 g/mol. The summed E-state index contributed by atoms with van der Waals surface area (Å²) in [6.07, 6.45) is 0. The van der Waals surface area contributed by atoms with Crippen molar-refractivity contribution in [1.29, 1.82) is 0 Å². The monoisotopic (exact) mass is 256 g/mol. The first kappa shape index (κ1) is 13.7. The molecule has 0 unspecified atom stereocenters. The van der Waals surface area contributed by atoms with Gasteiger partial charge in [-0.05, 0) is 36.5 Å². The fourth-order valence-corrected chi connectivity index (χ4v) is 2.13. The number of hydrogen-bond donors (Lipinski definition) is 2. The van der Waals surface area contributed by atoms with E-state index in [1.807, 2.05) is 56.3 Å². The number of aryl methyl sites for hydroxylation is 1. The Labute approximate surface area is 113 Å². The lowest BCUT2D eigenvalue weighted by atomic mass is 9.74. The zero-order valence-corrected chi connectivity index (χ0v) is 11.1. The van der Waals surface area contributed by atoms with E-state index in [2.05, 4.69) is 0 Å². The molecule has 19 heavy (non-hydrogen) atoms. The molecule has 0 heterocycles. The molecule has 0 aliphatic carbocycles. The maximum Gasteiger partial charge on any atom is 0.489 e. The first-order valence-electron chi connectivity index (χ1n) is 6.22. The predicted octanol–water partition coefficient (Wildman–Crippen LogP) is 1.56. The van der Waals surface area contributed by atoms with Gasteiger partial charge in [0.05, 0.1) is 0 Å². The molecule has 2 rings (SSSR count). The maximum absolute atomic E-state index is 9.40. The van der Waals surface area contributed by atoms with E-state index in [0.29, 0.717) is 17.8 Å². The highest BCUT2D eigenvalue weighted by Gasteiger charge is 2.19. The van der Waals surface area contributed by atoms with Crippen molar-refractivity contribution in [3.8, 4) is 5.75 Å². The largest absolute Gasteiger partial charge is 0.489 e. The lowest BCUT2D eigenvalue weighted by Crippen LogP contribution is -2.34. The highest BCUT2D eigenvalue weighted by atomic mass is 16.5. The van der Waals surface area contributed by atoms with E-state index < -0.39 is 7.12 Å². The summed E-state index contributed by atoms with van der Waals surface area (Å²) in [7, 11) is -1.47. The normalized spacial score (nSPS) is 10.3. The van der Waals surface area contributed by atoms with Gasteiger partial charge in [-0.25, -0.2) is 0 Å². The highest BCUT2D eigenvalue weighted by Crippen LogP contribution is 2.19. The van der Waals surface area contributed by atoms with E-state index in [4.69, 9.17) is 4.74 Å². The van der Waals surface area contributed by atoms with Gasteiger partial charge in [0.25, 0.3) is 0 Å². The van der Waals surface area contributed by atoms with Gasteiger partial charge in [0, 0.05) is 0 Å². The van der Waals surface area contributed by atoms with Gasteiger partial charge in [-0.15, -0.1) is 0 Å². The van der Waals surface area contributed by atoms with Gasteiger partial charge < -0.3 is 14.8 Å². The Bertz CT molecular complexity index is 553. The quantitative estimate of drug-likeness (QED) is 0.816. The van der Waals surface area contributed by atoms with E-state index in [0.717, 1.165) is 16.7 Å². The van der Waals surface area contributed by atoms with Gasteiger partial charge in [-0.1, -0.05) is 42.0 Å². The minimum absolute atomic E-state index is 0.464. The molecule has 0 bridgehead atoms. The Morgan fingerprint density at radius 3 is 2.32 bits per heavy atom. The SMILES string of the molecule is Cc1ccc(OCc2ccccc2)c(C)c1B(O)O. The van der Waals surface area contributed by atoms with Crippen LogP contribution in [0.5, 0.6) is 5.75 Å². The van der Waals surface area contributed by atoms with Crippen LogP contribution in [0.2, 0.25) is 0 Å². The fourth-order valence-electron chi connectivity index (χ4n) is 2.13. The van der Waals surface area contributed by atoms with Crippen LogP contribution < -0.4 is 10.2 Å². The van der Waals surface area contributed by atoms with Crippen molar-refractivity contribution in [3.05, 3.63) is 59.2 Å². The molecule has 2 aromatic rings. The first-order chi connectivity index (χ1) is 9.09. The topological polar surface area (TPSA) is 49.7 Å². The molecular weight excluding hydrogens is 239 g/mol. The van der Waals surface area contributed by atoms with Crippen molar-refractivity contribution in [2.24, 2.45) is 0 Å².